The number of hydrogen-bond donors (Lipinski definition) is 0. The molecule has 2 aromatic heterocycles. The SMILES string of the molecule is c1ccc(-c2nc(-c3ccccc3)nc(-n3c4ccccc4c4c5c(ccc43)-c3ccccc3C5)n2)cc1. The monoisotopic (exact) mass is 486 g/mol. The van der Waals surface area contributed by atoms with Gasteiger partial charge in [-0.25, -0.2) is 4.98 Å². The number of para-hydroxylation sites is 1. The number of aromatic nitrogens is 4. The molecule has 2 heterocycles. The van der Waals surface area contributed by atoms with E-state index in [2.05, 4.69) is 65.2 Å². The fraction of sp³-hybridized carbons (Fsp3) is 0.0294. The average molecular weight is 487 g/mol. The topological polar surface area (TPSA) is 43.6 Å². The Bertz CT molecular complexity index is 1930. The van der Waals surface area contributed by atoms with Gasteiger partial charge in [0.2, 0.25) is 5.95 Å². The van der Waals surface area contributed by atoms with Gasteiger partial charge in [0, 0.05) is 21.9 Å². The highest BCUT2D eigenvalue weighted by molar-refractivity contribution is 6.13. The van der Waals surface area contributed by atoms with Gasteiger partial charge < -0.3 is 0 Å². The van der Waals surface area contributed by atoms with E-state index in [0.29, 0.717) is 17.6 Å². The molecule has 0 bridgehead atoms. The molecule has 0 radical (unpaired) electrons. The Labute approximate surface area is 219 Å². The number of benzene rings is 5. The van der Waals surface area contributed by atoms with E-state index in [1.807, 2.05) is 60.7 Å². The van der Waals surface area contributed by atoms with Crippen LogP contribution in [-0.2, 0) is 6.42 Å². The summed E-state index contributed by atoms with van der Waals surface area (Å²) in [6.07, 6.45) is 0.929. The summed E-state index contributed by atoms with van der Waals surface area (Å²) in [5.74, 6) is 1.95. The number of rotatable bonds is 3. The van der Waals surface area contributed by atoms with Crippen LogP contribution in [0.2, 0.25) is 0 Å². The van der Waals surface area contributed by atoms with Crippen molar-refractivity contribution in [3.8, 4) is 39.9 Å². The summed E-state index contributed by atoms with van der Waals surface area (Å²) in [6.45, 7) is 0. The van der Waals surface area contributed by atoms with Crippen LogP contribution in [0.15, 0.2) is 121 Å². The normalized spacial score (nSPS) is 12.1. The van der Waals surface area contributed by atoms with Crippen molar-refractivity contribution in [2.45, 2.75) is 6.42 Å². The molecular formula is C34H22N4. The Balaban J connectivity index is 1.44. The molecule has 8 rings (SSSR count). The van der Waals surface area contributed by atoms with Gasteiger partial charge in [-0.3, -0.25) is 4.57 Å². The van der Waals surface area contributed by atoms with E-state index in [4.69, 9.17) is 15.0 Å². The Morgan fingerprint density at radius 1 is 0.500 bits per heavy atom. The quantitative estimate of drug-likeness (QED) is 0.255. The molecule has 0 spiro atoms. The van der Waals surface area contributed by atoms with Crippen molar-refractivity contribution >= 4 is 21.8 Å². The molecule has 38 heavy (non-hydrogen) atoms. The van der Waals surface area contributed by atoms with Crippen molar-refractivity contribution in [3.63, 3.8) is 0 Å². The molecule has 0 unspecified atom stereocenters. The maximum atomic E-state index is 5.05. The second-order valence-corrected chi connectivity index (χ2v) is 9.69. The largest absolute Gasteiger partial charge is 0.278 e. The summed E-state index contributed by atoms with van der Waals surface area (Å²) in [6, 6.07) is 42.1. The van der Waals surface area contributed by atoms with Crippen molar-refractivity contribution in [3.05, 3.63) is 132 Å². The van der Waals surface area contributed by atoms with E-state index in [9.17, 15) is 0 Å². The molecule has 178 valence electrons. The Kier molecular flexibility index (Phi) is 4.55. The molecule has 0 atom stereocenters. The molecule has 4 heteroatoms. The first-order valence-corrected chi connectivity index (χ1v) is 12.9. The highest BCUT2D eigenvalue weighted by Crippen LogP contribution is 2.44. The van der Waals surface area contributed by atoms with Gasteiger partial charge in [-0.2, -0.15) is 9.97 Å². The molecule has 5 aromatic carbocycles. The van der Waals surface area contributed by atoms with Crippen LogP contribution in [-0.4, -0.2) is 19.5 Å². The first-order chi connectivity index (χ1) is 18.8. The van der Waals surface area contributed by atoms with Crippen LogP contribution in [0.1, 0.15) is 11.1 Å². The molecule has 0 N–H and O–H groups in total. The summed E-state index contributed by atoms with van der Waals surface area (Å²) >= 11 is 0. The average Bonchev–Trinajstić information content (AvgIpc) is 3.53. The molecular weight excluding hydrogens is 464 g/mol. The minimum absolute atomic E-state index is 0.624. The highest BCUT2D eigenvalue weighted by Gasteiger charge is 2.25. The highest BCUT2D eigenvalue weighted by atomic mass is 15.2. The molecule has 1 aliphatic rings. The van der Waals surface area contributed by atoms with Crippen molar-refractivity contribution in [1.29, 1.82) is 0 Å². The van der Waals surface area contributed by atoms with E-state index in [1.54, 1.807) is 0 Å². The molecule has 0 aliphatic heterocycles. The van der Waals surface area contributed by atoms with Crippen LogP contribution in [0, 0.1) is 0 Å². The molecule has 0 saturated heterocycles. The summed E-state index contributed by atoms with van der Waals surface area (Å²) in [7, 11) is 0. The van der Waals surface area contributed by atoms with Gasteiger partial charge in [0.25, 0.3) is 0 Å². The number of hydrogen-bond acceptors (Lipinski definition) is 3. The minimum atomic E-state index is 0.624. The molecule has 4 nitrogen and oxygen atoms in total. The van der Waals surface area contributed by atoms with Gasteiger partial charge >= 0.3 is 0 Å². The molecule has 0 saturated carbocycles. The van der Waals surface area contributed by atoms with Gasteiger partial charge in [0.05, 0.1) is 11.0 Å². The third-order valence-corrected chi connectivity index (χ3v) is 7.51. The van der Waals surface area contributed by atoms with Gasteiger partial charge in [-0.15, -0.1) is 0 Å². The van der Waals surface area contributed by atoms with Crippen molar-refractivity contribution in [2.24, 2.45) is 0 Å². The van der Waals surface area contributed by atoms with Crippen LogP contribution in [0.5, 0.6) is 0 Å². The predicted octanol–water partition coefficient (Wildman–Crippen LogP) is 7.87. The zero-order chi connectivity index (χ0) is 25.1. The van der Waals surface area contributed by atoms with Gasteiger partial charge in [-0.1, -0.05) is 109 Å². The predicted molar refractivity (Wildman–Crippen MR) is 153 cm³/mol. The van der Waals surface area contributed by atoms with Crippen molar-refractivity contribution < 1.29 is 0 Å². The lowest BCUT2D eigenvalue weighted by Crippen LogP contribution is -2.06. The van der Waals surface area contributed by atoms with Gasteiger partial charge in [0.15, 0.2) is 11.6 Å². The zero-order valence-electron chi connectivity index (χ0n) is 20.5. The summed E-state index contributed by atoms with van der Waals surface area (Å²) < 4.78 is 2.20. The van der Waals surface area contributed by atoms with E-state index in [0.717, 1.165) is 28.6 Å². The van der Waals surface area contributed by atoms with Crippen LogP contribution in [0.4, 0.5) is 0 Å². The van der Waals surface area contributed by atoms with Crippen molar-refractivity contribution in [2.75, 3.05) is 0 Å². The molecule has 7 aromatic rings. The first-order valence-electron chi connectivity index (χ1n) is 12.9. The summed E-state index contributed by atoms with van der Waals surface area (Å²) in [5.41, 5.74) is 9.54. The maximum Gasteiger partial charge on any atom is 0.238 e. The fourth-order valence-electron chi connectivity index (χ4n) is 5.81. The maximum absolute atomic E-state index is 5.05. The number of nitrogens with zero attached hydrogens (tertiary/aromatic N) is 4. The lowest BCUT2D eigenvalue weighted by atomic mass is 10.0. The van der Waals surface area contributed by atoms with Crippen LogP contribution >= 0.6 is 0 Å². The summed E-state index contributed by atoms with van der Waals surface area (Å²) in [4.78, 5) is 15.0. The number of fused-ring (bicyclic) bond motifs is 7. The Morgan fingerprint density at radius 2 is 1.13 bits per heavy atom. The third kappa shape index (κ3) is 3.14. The first kappa shape index (κ1) is 21.0. The fourth-order valence-corrected chi connectivity index (χ4v) is 5.81. The van der Waals surface area contributed by atoms with Gasteiger partial charge in [-0.05, 0) is 40.8 Å². The zero-order valence-corrected chi connectivity index (χ0v) is 20.5. The van der Waals surface area contributed by atoms with E-state index in [1.165, 1.54) is 33.0 Å². The Hall–Kier alpha value is -5.09. The molecule has 1 aliphatic carbocycles. The van der Waals surface area contributed by atoms with E-state index in [-0.39, 0.29) is 0 Å². The smallest absolute Gasteiger partial charge is 0.238 e. The second-order valence-electron chi connectivity index (χ2n) is 9.69. The molecule has 0 amide bonds. The molecule has 0 fully saturated rings. The van der Waals surface area contributed by atoms with E-state index < -0.39 is 0 Å². The lowest BCUT2D eigenvalue weighted by Gasteiger charge is -2.11. The van der Waals surface area contributed by atoms with Gasteiger partial charge in [0.1, 0.15) is 0 Å². The lowest BCUT2D eigenvalue weighted by molar-refractivity contribution is 0.953. The summed E-state index contributed by atoms with van der Waals surface area (Å²) in [5, 5.41) is 2.49. The minimum Gasteiger partial charge on any atom is -0.278 e. The Morgan fingerprint density at radius 3 is 1.87 bits per heavy atom. The standard InChI is InChI=1S/C34H22N4/c1-3-11-22(12-4-1)32-35-33(23-13-5-2-6-14-23)37-34(36-32)38-29-18-10-9-17-27(29)31-28-21-24-15-7-8-16-25(24)26(28)19-20-30(31)38/h1-20H,21H2. The third-order valence-electron chi connectivity index (χ3n) is 7.51. The van der Waals surface area contributed by atoms with E-state index >= 15 is 0 Å². The van der Waals surface area contributed by atoms with Crippen LogP contribution < -0.4 is 0 Å². The second kappa shape index (κ2) is 8.22. The van der Waals surface area contributed by atoms with Crippen LogP contribution in [0.25, 0.3) is 61.7 Å². The van der Waals surface area contributed by atoms with Crippen LogP contribution in [0.3, 0.4) is 0 Å². The van der Waals surface area contributed by atoms with Crippen molar-refractivity contribution in [1.82, 2.24) is 19.5 Å².